The first-order valence-corrected chi connectivity index (χ1v) is 7.58. The maximum atomic E-state index is 8.96. The van der Waals surface area contributed by atoms with Gasteiger partial charge in [0, 0.05) is 25.7 Å². The number of hydrogen-bond acceptors (Lipinski definition) is 5. The van der Waals surface area contributed by atoms with Crippen LogP contribution >= 0.6 is 0 Å². The van der Waals surface area contributed by atoms with Gasteiger partial charge in [-0.05, 0) is 18.2 Å². The van der Waals surface area contributed by atoms with Gasteiger partial charge in [0.25, 0.3) is 0 Å². The second-order valence-electron chi connectivity index (χ2n) is 5.11. The summed E-state index contributed by atoms with van der Waals surface area (Å²) in [7, 11) is 1.92. The summed E-state index contributed by atoms with van der Waals surface area (Å²) in [6.45, 7) is 5.49. The molecule has 5 nitrogen and oxygen atoms in total. The van der Waals surface area contributed by atoms with Crippen LogP contribution in [0.2, 0.25) is 0 Å². The van der Waals surface area contributed by atoms with Gasteiger partial charge in [-0.15, -0.1) is 0 Å². The van der Waals surface area contributed by atoms with Crippen LogP contribution in [0.1, 0.15) is 5.56 Å². The highest BCUT2D eigenvalue weighted by Crippen LogP contribution is 2.20. The Bertz CT molecular complexity index is 614. The van der Waals surface area contributed by atoms with Crippen molar-refractivity contribution < 1.29 is 9.84 Å². The molecule has 2 aromatic rings. The number of anilines is 2. The van der Waals surface area contributed by atoms with Crippen LogP contribution in [0, 0.1) is 0 Å². The minimum Gasteiger partial charge on any atom is -0.489 e. The second kappa shape index (κ2) is 8.80. The lowest BCUT2D eigenvalue weighted by Crippen LogP contribution is -2.21. The average molecular weight is 313 g/mol. The van der Waals surface area contributed by atoms with E-state index in [1.54, 1.807) is 12.3 Å². The molecule has 0 radical (unpaired) electrons. The van der Waals surface area contributed by atoms with Gasteiger partial charge in [-0.3, -0.25) is 0 Å². The smallest absolute Gasteiger partial charge is 0.126 e. The van der Waals surface area contributed by atoms with Crippen LogP contribution < -0.4 is 15.0 Å². The van der Waals surface area contributed by atoms with Crippen LogP contribution in [0.15, 0.2) is 55.3 Å². The van der Waals surface area contributed by atoms with Gasteiger partial charge in [0.2, 0.25) is 0 Å². The van der Waals surface area contributed by atoms with Gasteiger partial charge < -0.3 is 20.1 Å². The lowest BCUT2D eigenvalue weighted by molar-refractivity contribution is 0.304. The number of nitrogens with zero attached hydrogens (tertiary/aromatic N) is 2. The van der Waals surface area contributed by atoms with Crippen LogP contribution in [0.3, 0.4) is 0 Å². The molecule has 23 heavy (non-hydrogen) atoms. The largest absolute Gasteiger partial charge is 0.489 e. The van der Waals surface area contributed by atoms with Crippen molar-refractivity contribution in [1.82, 2.24) is 4.98 Å². The molecule has 0 unspecified atom stereocenters. The number of aromatic nitrogens is 1. The van der Waals surface area contributed by atoms with Gasteiger partial charge in [0.15, 0.2) is 0 Å². The molecule has 0 fully saturated rings. The predicted molar refractivity (Wildman–Crippen MR) is 94.1 cm³/mol. The number of nitrogens with one attached hydrogen (secondary N) is 1. The molecule has 0 aliphatic rings. The third kappa shape index (κ3) is 5.00. The number of pyridine rings is 1. The molecule has 1 aromatic heterocycles. The van der Waals surface area contributed by atoms with E-state index in [4.69, 9.17) is 9.84 Å². The molecule has 0 saturated heterocycles. The van der Waals surface area contributed by atoms with E-state index in [-0.39, 0.29) is 6.61 Å². The predicted octanol–water partition coefficient (Wildman–Crippen LogP) is 2.69. The van der Waals surface area contributed by atoms with Crippen LogP contribution in [-0.4, -0.2) is 36.9 Å². The van der Waals surface area contributed by atoms with Crippen molar-refractivity contribution in [2.75, 3.05) is 37.0 Å². The van der Waals surface area contributed by atoms with E-state index in [1.165, 1.54) is 0 Å². The first-order valence-electron chi connectivity index (χ1n) is 7.58. The fourth-order valence-electron chi connectivity index (χ4n) is 2.12. The summed E-state index contributed by atoms with van der Waals surface area (Å²) in [4.78, 5) is 6.35. The molecule has 0 spiro atoms. The quantitative estimate of drug-likeness (QED) is 0.697. The summed E-state index contributed by atoms with van der Waals surface area (Å²) in [5.41, 5.74) is 2.04. The molecule has 2 rings (SSSR count). The van der Waals surface area contributed by atoms with Gasteiger partial charge in [0.05, 0.1) is 18.5 Å². The maximum Gasteiger partial charge on any atom is 0.126 e. The number of benzene rings is 1. The first-order chi connectivity index (χ1) is 11.2. The molecule has 1 aromatic carbocycles. The van der Waals surface area contributed by atoms with Crippen molar-refractivity contribution in [1.29, 1.82) is 0 Å². The van der Waals surface area contributed by atoms with E-state index in [0.717, 1.165) is 22.8 Å². The molecule has 1 heterocycles. The van der Waals surface area contributed by atoms with Gasteiger partial charge in [-0.2, -0.15) is 0 Å². The SMILES string of the molecule is C=CCOc1ccccc1CNc1ccc(N(C)CCO)cn1. The number of hydrogen-bond donors (Lipinski definition) is 2. The monoisotopic (exact) mass is 313 g/mol. The average Bonchev–Trinajstić information content (AvgIpc) is 2.59. The molecular formula is C18H23N3O2. The minimum absolute atomic E-state index is 0.123. The summed E-state index contributed by atoms with van der Waals surface area (Å²) in [6.07, 6.45) is 3.52. The van der Waals surface area contributed by atoms with Crippen LogP contribution in [0.4, 0.5) is 11.5 Å². The number of aliphatic hydroxyl groups excluding tert-OH is 1. The standard InChI is InChI=1S/C18H23N3O2/c1-3-12-23-17-7-5-4-6-15(17)13-19-18-9-8-16(14-20-18)21(2)10-11-22/h3-9,14,22H,1,10-13H2,2H3,(H,19,20). The van der Waals surface area contributed by atoms with Gasteiger partial charge in [-0.25, -0.2) is 4.98 Å². The fourth-order valence-corrected chi connectivity index (χ4v) is 2.12. The Morgan fingerprint density at radius 1 is 1.30 bits per heavy atom. The fraction of sp³-hybridized carbons (Fsp3) is 0.278. The van der Waals surface area contributed by atoms with E-state index in [9.17, 15) is 0 Å². The number of para-hydroxylation sites is 1. The first kappa shape index (κ1) is 16.8. The Balaban J connectivity index is 1.97. The number of ether oxygens (including phenoxy) is 1. The normalized spacial score (nSPS) is 10.2. The van der Waals surface area contributed by atoms with Crippen molar-refractivity contribution in [2.24, 2.45) is 0 Å². The van der Waals surface area contributed by atoms with Gasteiger partial charge in [-0.1, -0.05) is 30.9 Å². The van der Waals surface area contributed by atoms with Gasteiger partial charge in [0.1, 0.15) is 18.2 Å². The molecule has 5 heteroatoms. The Hall–Kier alpha value is -2.53. The maximum absolute atomic E-state index is 8.96. The number of aliphatic hydroxyl groups is 1. The molecule has 0 atom stereocenters. The Morgan fingerprint density at radius 2 is 2.13 bits per heavy atom. The molecule has 2 N–H and O–H groups in total. The molecule has 0 saturated carbocycles. The van der Waals surface area contributed by atoms with Crippen molar-refractivity contribution in [2.45, 2.75) is 6.54 Å². The molecule has 0 bridgehead atoms. The summed E-state index contributed by atoms with van der Waals surface area (Å²) in [6, 6.07) is 11.8. The Labute approximate surface area is 137 Å². The Morgan fingerprint density at radius 3 is 2.83 bits per heavy atom. The molecule has 0 aliphatic carbocycles. The highest BCUT2D eigenvalue weighted by molar-refractivity contribution is 5.49. The molecular weight excluding hydrogens is 290 g/mol. The molecule has 122 valence electrons. The Kier molecular flexibility index (Phi) is 6.44. The number of rotatable bonds is 9. The zero-order valence-electron chi connectivity index (χ0n) is 13.4. The van der Waals surface area contributed by atoms with Crippen LogP contribution in [0.5, 0.6) is 5.75 Å². The van der Waals surface area contributed by atoms with E-state index in [1.807, 2.05) is 48.3 Å². The third-order valence-electron chi connectivity index (χ3n) is 3.41. The minimum atomic E-state index is 0.123. The van der Waals surface area contributed by atoms with Crippen LogP contribution in [-0.2, 0) is 6.54 Å². The van der Waals surface area contributed by atoms with E-state index in [0.29, 0.717) is 19.7 Å². The molecule has 0 amide bonds. The second-order valence-corrected chi connectivity index (χ2v) is 5.11. The highest BCUT2D eigenvalue weighted by Gasteiger charge is 2.04. The van der Waals surface area contributed by atoms with Gasteiger partial charge >= 0.3 is 0 Å². The third-order valence-corrected chi connectivity index (χ3v) is 3.41. The zero-order valence-corrected chi connectivity index (χ0v) is 13.4. The highest BCUT2D eigenvalue weighted by atomic mass is 16.5. The van der Waals surface area contributed by atoms with Crippen molar-refractivity contribution in [3.05, 3.63) is 60.8 Å². The van der Waals surface area contributed by atoms with Crippen molar-refractivity contribution in [3.63, 3.8) is 0 Å². The summed E-state index contributed by atoms with van der Waals surface area (Å²) >= 11 is 0. The van der Waals surface area contributed by atoms with Crippen molar-refractivity contribution >= 4 is 11.5 Å². The topological polar surface area (TPSA) is 57.6 Å². The van der Waals surface area contributed by atoms with Crippen LogP contribution in [0.25, 0.3) is 0 Å². The summed E-state index contributed by atoms with van der Waals surface area (Å²) in [5, 5.41) is 12.2. The lowest BCUT2D eigenvalue weighted by Gasteiger charge is -2.17. The van der Waals surface area contributed by atoms with E-state index >= 15 is 0 Å². The zero-order chi connectivity index (χ0) is 16.5. The van der Waals surface area contributed by atoms with E-state index < -0.39 is 0 Å². The van der Waals surface area contributed by atoms with E-state index in [2.05, 4.69) is 16.9 Å². The summed E-state index contributed by atoms with van der Waals surface area (Å²) < 4.78 is 5.64. The van der Waals surface area contributed by atoms with Crippen molar-refractivity contribution in [3.8, 4) is 5.75 Å². The number of likely N-dealkylation sites (N-methyl/N-ethyl adjacent to an activating group) is 1. The summed E-state index contributed by atoms with van der Waals surface area (Å²) in [5.74, 6) is 1.64. The lowest BCUT2D eigenvalue weighted by atomic mass is 10.2. The molecule has 0 aliphatic heterocycles.